The fourth-order valence-electron chi connectivity index (χ4n) is 1.28. The summed E-state index contributed by atoms with van der Waals surface area (Å²) >= 11 is 0. The molecule has 1 aromatic heterocycles. The van der Waals surface area contributed by atoms with Crippen molar-refractivity contribution in [2.24, 2.45) is 0 Å². The Bertz CT molecular complexity index is 413. The van der Waals surface area contributed by atoms with Crippen molar-refractivity contribution >= 4 is 5.97 Å². The molecule has 0 aliphatic rings. The molecule has 100 valence electrons. The van der Waals surface area contributed by atoms with Gasteiger partial charge in [-0.3, -0.25) is 0 Å². The molecule has 5 nitrogen and oxygen atoms in total. The highest BCUT2D eigenvalue weighted by molar-refractivity contribution is 5.90. The van der Waals surface area contributed by atoms with E-state index in [1.165, 1.54) is 7.11 Å². The molecule has 0 aliphatic carbocycles. The number of halogens is 2. The van der Waals surface area contributed by atoms with Crippen molar-refractivity contribution < 1.29 is 23.0 Å². The van der Waals surface area contributed by atoms with Gasteiger partial charge in [0.15, 0.2) is 0 Å². The molecule has 1 aromatic rings. The van der Waals surface area contributed by atoms with E-state index in [1.54, 1.807) is 6.92 Å². The van der Waals surface area contributed by atoms with Crippen LogP contribution in [-0.4, -0.2) is 36.3 Å². The van der Waals surface area contributed by atoms with E-state index in [2.05, 4.69) is 14.7 Å². The van der Waals surface area contributed by atoms with Crippen molar-refractivity contribution in [1.82, 2.24) is 9.97 Å². The summed E-state index contributed by atoms with van der Waals surface area (Å²) in [5, 5.41) is 0. The molecule has 0 spiro atoms. The number of carbonyl (C=O) groups is 1. The van der Waals surface area contributed by atoms with Gasteiger partial charge in [0.25, 0.3) is 6.43 Å². The molecular formula is C11H14F2N2O3. The maximum atomic E-state index is 12.8. The Morgan fingerprint density at radius 3 is 2.78 bits per heavy atom. The number of ether oxygens (including phenoxy) is 2. The number of hydrogen-bond acceptors (Lipinski definition) is 5. The van der Waals surface area contributed by atoms with Crippen molar-refractivity contribution in [3.05, 3.63) is 23.3 Å². The fourth-order valence-corrected chi connectivity index (χ4v) is 1.28. The number of esters is 1. The Labute approximate surface area is 103 Å². The van der Waals surface area contributed by atoms with E-state index in [9.17, 15) is 13.6 Å². The van der Waals surface area contributed by atoms with Crippen LogP contribution in [0.1, 0.15) is 35.2 Å². The summed E-state index contributed by atoms with van der Waals surface area (Å²) in [4.78, 5) is 18.9. The minimum Gasteiger partial charge on any atom is -0.462 e. The number of methoxy groups -OCH3 is 1. The number of alkyl halides is 2. The van der Waals surface area contributed by atoms with Crippen LogP contribution in [0, 0.1) is 0 Å². The van der Waals surface area contributed by atoms with Gasteiger partial charge in [-0.05, 0) is 6.92 Å². The first-order chi connectivity index (χ1) is 8.60. The number of nitrogens with zero attached hydrogens (tertiary/aromatic N) is 2. The normalized spacial score (nSPS) is 10.7. The molecule has 7 heteroatoms. The van der Waals surface area contributed by atoms with Crippen LogP contribution in [0.4, 0.5) is 8.78 Å². The lowest BCUT2D eigenvalue weighted by Crippen LogP contribution is -2.13. The van der Waals surface area contributed by atoms with Gasteiger partial charge in [-0.1, -0.05) is 0 Å². The molecule has 1 rings (SSSR count). The topological polar surface area (TPSA) is 61.3 Å². The van der Waals surface area contributed by atoms with Crippen molar-refractivity contribution in [3.8, 4) is 0 Å². The van der Waals surface area contributed by atoms with Crippen molar-refractivity contribution in [3.63, 3.8) is 0 Å². The third kappa shape index (κ3) is 3.69. The van der Waals surface area contributed by atoms with Crippen LogP contribution in [0.3, 0.4) is 0 Å². The molecule has 0 saturated heterocycles. The van der Waals surface area contributed by atoms with E-state index >= 15 is 0 Å². The Balaban J connectivity index is 3.00. The highest BCUT2D eigenvalue weighted by Gasteiger charge is 2.22. The zero-order chi connectivity index (χ0) is 13.5. The third-order valence-electron chi connectivity index (χ3n) is 2.10. The highest BCUT2D eigenvalue weighted by Crippen LogP contribution is 2.21. The second kappa shape index (κ2) is 6.95. The van der Waals surface area contributed by atoms with Gasteiger partial charge >= 0.3 is 5.97 Å². The number of carbonyl (C=O) groups excluding carboxylic acids is 1. The number of rotatable bonds is 6. The fraction of sp³-hybridized carbons (Fsp3) is 0.545. The van der Waals surface area contributed by atoms with Crippen LogP contribution >= 0.6 is 0 Å². The molecule has 0 N–H and O–H groups in total. The average molecular weight is 260 g/mol. The standard InChI is InChI=1S/C11H14F2N2O3/c1-3-18-11(16)7-6-14-8(4-5-17-2)15-9(7)10(12)13/h6,10H,3-5H2,1-2H3. The third-order valence-corrected chi connectivity index (χ3v) is 2.10. The highest BCUT2D eigenvalue weighted by atomic mass is 19.3. The predicted octanol–water partition coefficient (Wildman–Crippen LogP) is 1.78. The molecule has 18 heavy (non-hydrogen) atoms. The summed E-state index contributed by atoms with van der Waals surface area (Å²) in [5.74, 6) is -0.633. The molecule has 0 atom stereocenters. The summed E-state index contributed by atoms with van der Waals surface area (Å²) in [5.41, 5.74) is -0.900. The second-order valence-corrected chi connectivity index (χ2v) is 3.35. The van der Waals surface area contributed by atoms with Crippen molar-refractivity contribution in [2.75, 3.05) is 20.3 Å². The summed E-state index contributed by atoms with van der Waals surface area (Å²) in [6, 6.07) is 0. The smallest absolute Gasteiger partial charge is 0.341 e. The predicted molar refractivity (Wildman–Crippen MR) is 58.5 cm³/mol. The Hall–Kier alpha value is -1.63. The lowest BCUT2D eigenvalue weighted by molar-refractivity contribution is 0.0512. The average Bonchev–Trinajstić information content (AvgIpc) is 2.36. The van der Waals surface area contributed by atoms with Gasteiger partial charge in [0.2, 0.25) is 0 Å². The maximum absolute atomic E-state index is 12.8. The molecule has 0 bridgehead atoms. The Morgan fingerprint density at radius 1 is 1.50 bits per heavy atom. The first-order valence-corrected chi connectivity index (χ1v) is 5.40. The van der Waals surface area contributed by atoms with E-state index in [0.29, 0.717) is 13.0 Å². The molecule has 1 heterocycles. The summed E-state index contributed by atoms with van der Waals surface area (Å²) in [7, 11) is 1.49. The lowest BCUT2D eigenvalue weighted by Gasteiger charge is -2.08. The van der Waals surface area contributed by atoms with Crippen LogP contribution in [-0.2, 0) is 15.9 Å². The quantitative estimate of drug-likeness (QED) is 0.729. The van der Waals surface area contributed by atoms with Gasteiger partial charge in [0.05, 0.1) is 13.2 Å². The molecule has 0 unspecified atom stereocenters. The first kappa shape index (κ1) is 14.4. The van der Waals surface area contributed by atoms with Gasteiger partial charge in [0, 0.05) is 19.7 Å². The zero-order valence-electron chi connectivity index (χ0n) is 10.2. The van der Waals surface area contributed by atoms with Gasteiger partial charge in [0.1, 0.15) is 17.1 Å². The molecule has 0 aromatic carbocycles. The zero-order valence-corrected chi connectivity index (χ0v) is 10.2. The monoisotopic (exact) mass is 260 g/mol. The van der Waals surface area contributed by atoms with Crippen LogP contribution < -0.4 is 0 Å². The SMILES string of the molecule is CCOC(=O)c1cnc(CCOC)nc1C(F)F. The molecule has 0 saturated carbocycles. The van der Waals surface area contributed by atoms with Gasteiger partial charge in [-0.25, -0.2) is 23.5 Å². The van der Waals surface area contributed by atoms with Crippen LogP contribution in [0.15, 0.2) is 6.20 Å². The molecule has 0 aliphatic heterocycles. The molecule has 0 amide bonds. The van der Waals surface area contributed by atoms with E-state index in [4.69, 9.17) is 4.74 Å². The Morgan fingerprint density at radius 2 is 2.22 bits per heavy atom. The minimum atomic E-state index is -2.85. The number of aromatic nitrogens is 2. The van der Waals surface area contributed by atoms with Crippen LogP contribution in [0.25, 0.3) is 0 Å². The maximum Gasteiger partial charge on any atom is 0.341 e. The van der Waals surface area contributed by atoms with Gasteiger partial charge in [-0.2, -0.15) is 0 Å². The van der Waals surface area contributed by atoms with E-state index in [1.807, 2.05) is 0 Å². The number of hydrogen-bond donors (Lipinski definition) is 0. The summed E-state index contributed by atoms with van der Waals surface area (Å²) < 4.78 is 35.1. The van der Waals surface area contributed by atoms with Crippen molar-refractivity contribution in [1.29, 1.82) is 0 Å². The van der Waals surface area contributed by atoms with Gasteiger partial charge < -0.3 is 9.47 Å². The molecule has 0 fully saturated rings. The molecule has 0 radical (unpaired) electrons. The van der Waals surface area contributed by atoms with E-state index < -0.39 is 18.1 Å². The van der Waals surface area contributed by atoms with Gasteiger partial charge in [-0.15, -0.1) is 0 Å². The Kier molecular flexibility index (Phi) is 5.57. The van der Waals surface area contributed by atoms with E-state index in [0.717, 1.165) is 6.20 Å². The second-order valence-electron chi connectivity index (χ2n) is 3.35. The van der Waals surface area contributed by atoms with Crippen LogP contribution in [0.5, 0.6) is 0 Å². The summed E-state index contributed by atoms with van der Waals surface area (Å²) in [6.45, 7) is 2.02. The first-order valence-electron chi connectivity index (χ1n) is 5.40. The minimum absolute atomic E-state index is 0.104. The lowest BCUT2D eigenvalue weighted by atomic mass is 10.2. The largest absolute Gasteiger partial charge is 0.462 e. The van der Waals surface area contributed by atoms with E-state index in [-0.39, 0.29) is 18.0 Å². The van der Waals surface area contributed by atoms with Crippen molar-refractivity contribution in [2.45, 2.75) is 19.8 Å². The van der Waals surface area contributed by atoms with Crippen LogP contribution in [0.2, 0.25) is 0 Å². The summed E-state index contributed by atoms with van der Waals surface area (Å²) in [6.07, 6.45) is -1.48. The molecular weight excluding hydrogens is 246 g/mol.